The van der Waals surface area contributed by atoms with E-state index in [0.717, 1.165) is 0 Å². The summed E-state index contributed by atoms with van der Waals surface area (Å²) >= 11 is 0. The van der Waals surface area contributed by atoms with Crippen molar-refractivity contribution in [3.8, 4) is 0 Å². The highest BCUT2D eigenvalue weighted by Gasteiger charge is 2.30. The van der Waals surface area contributed by atoms with Crippen LogP contribution in [-0.4, -0.2) is 46.8 Å². The number of rotatable bonds is 1. The Morgan fingerprint density at radius 3 is 2.70 bits per heavy atom. The molecule has 1 aliphatic rings. The van der Waals surface area contributed by atoms with Crippen LogP contribution in [0.5, 0.6) is 0 Å². The molecule has 5 nitrogen and oxygen atoms in total. The van der Waals surface area contributed by atoms with Gasteiger partial charge in [0.25, 0.3) is 0 Å². The van der Waals surface area contributed by atoms with E-state index >= 15 is 0 Å². The smallest absolute Gasteiger partial charge is 0.107 e. The van der Waals surface area contributed by atoms with Crippen LogP contribution in [0.3, 0.4) is 0 Å². The van der Waals surface area contributed by atoms with Crippen LogP contribution in [0.2, 0.25) is 0 Å². The average Bonchev–Trinajstić information content (AvgIpc) is 1.95. The highest BCUT2D eigenvalue weighted by atomic mass is 16.7. The number of hydrogen-bond acceptors (Lipinski definition) is 5. The number of hydrogen-bond donors (Lipinski definition) is 4. The summed E-state index contributed by atoms with van der Waals surface area (Å²) in [5, 5.41) is 26.6. The first kappa shape index (κ1) is 7.90. The Labute approximate surface area is 58.2 Å². The van der Waals surface area contributed by atoms with Crippen molar-refractivity contribution in [3.05, 3.63) is 0 Å². The lowest BCUT2D eigenvalue weighted by Gasteiger charge is -2.30. The lowest BCUT2D eigenvalue weighted by atomic mass is 10.1. The zero-order valence-corrected chi connectivity index (χ0v) is 5.40. The quantitative estimate of drug-likeness (QED) is 0.334. The first-order valence-corrected chi connectivity index (χ1v) is 3.10. The van der Waals surface area contributed by atoms with Crippen LogP contribution in [0, 0.1) is 0 Å². The van der Waals surface area contributed by atoms with Gasteiger partial charge in [0.2, 0.25) is 0 Å². The second-order valence-corrected chi connectivity index (χ2v) is 2.28. The summed E-state index contributed by atoms with van der Waals surface area (Å²) in [5.74, 6) is 0. The van der Waals surface area contributed by atoms with Gasteiger partial charge in [-0.25, -0.2) is 0 Å². The van der Waals surface area contributed by atoms with E-state index in [1.54, 1.807) is 0 Å². The Bertz CT molecular complexity index is 110. The number of hydroxylamine groups is 1. The van der Waals surface area contributed by atoms with E-state index in [1.165, 1.54) is 0 Å². The van der Waals surface area contributed by atoms with Gasteiger partial charge < -0.3 is 15.3 Å². The summed E-state index contributed by atoms with van der Waals surface area (Å²) in [6.07, 6.45) is -1.85. The van der Waals surface area contributed by atoms with E-state index in [0.29, 0.717) is 0 Å². The van der Waals surface area contributed by atoms with Crippen LogP contribution in [0.1, 0.15) is 0 Å². The van der Waals surface area contributed by atoms with Crippen LogP contribution >= 0.6 is 0 Å². The summed E-state index contributed by atoms with van der Waals surface area (Å²) in [6.45, 7) is -0.199. The van der Waals surface area contributed by atoms with Crippen molar-refractivity contribution in [1.82, 2.24) is 5.48 Å². The highest BCUT2D eigenvalue weighted by molar-refractivity contribution is 4.81. The summed E-state index contributed by atoms with van der Waals surface area (Å²) in [6, 6.07) is -0.580. The van der Waals surface area contributed by atoms with E-state index in [1.807, 2.05) is 0 Å². The third-order valence-electron chi connectivity index (χ3n) is 1.49. The maximum Gasteiger partial charge on any atom is 0.107 e. The molecule has 1 aliphatic heterocycles. The number of aliphatic hydroxyl groups excluding tert-OH is 3. The third-order valence-corrected chi connectivity index (χ3v) is 1.49. The van der Waals surface area contributed by atoms with Gasteiger partial charge in [-0.1, -0.05) is 0 Å². The molecule has 1 fully saturated rings. The lowest BCUT2D eigenvalue weighted by Crippen LogP contribution is -2.55. The first-order valence-electron chi connectivity index (χ1n) is 3.10. The fourth-order valence-electron chi connectivity index (χ4n) is 0.822. The van der Waals surface area contributed by atoms with Gasteiger partial charge in [0.1, 0.15) is 12.2 Å². The number of nitrogens with one attached hydrogen (secondary N) is 1. The highest BCUT2D eigenvalue weighted by Crippen LogP contribution is 2.05. The molecular weight excluding hydrogens is 138 g/mol. The Balaban J connectivity index is 2.42. The lowest BCUT2D eigenvalue weighted by molar-refractivity contribution is -0.154. The van der Waals surface area contributed by atoms with Gasteiger partial charge in [-0.05, 0) is 0 Å². The molecule has 0 aromatic rings. The molecule has 60 valence electrons. The zero-order valence-electron chi connectivity index (χ0n) is 5.40. The van der Waals surface area contributed by atoms with Crippen molar-refractivity contribution in [1.29, 1.82) is 0 Å². The van der Waals surface area contributed by atoms with Crippen LogP contribution in [-0.2, 0) is 4.84 Å². The maximum absolute atomic E-state index is 9.08. The Hall–Kier alpha value is -0.200. The molecule has 0 aliphatic carbocycles. The van der Waals surface area contributed by atoms with Crippen molar-refractivity contribution < 1.29 is 20.2 Å². The largest absolute Gasteiger partial charge is 0.395 e. The van der Waals surface area contributed by atoms with Crippen LogP contribution < -0.4 is 5.48 Å². The van der Waals surface area contributed by atoms with Gasteiger partial charge in [-0.2, -0.15) is 5.48 Å². The molecule has 1 rings (SSSR count). The SMILES string of the molecule is OCC1NOCC(O)C1O. The fourth-order valence-corrected chi connectivity index (χ4v) is 0.822. The maximum atomic E-state index is 9.08. The van der Waals surface area contributed by atoms with Crippen molar-refractivity contribution >= 4 is 0 Å². The van der Waals surface area contributed by atoms with Crippen LogP contribution in [0.4, 0.5) is 0 Å². The second-order valence-electron chi connectivity index (χ2n) is 2.28. The molecule has 3 atom stereocenters. The van der Waals surface area contributed by atoms with Crippen molar-refractivity contribution in [3.63, 3.8) is 0 Å². The van der Waals surface area contributed by atoms with Gasteiger partial charge in [0.05, 0.1) is 19.3 Å². The molecule has 10 heavy (non-hydrogen) atoms. The molecule has 0 saturated carbocycles. The summed E-state index contributed by atoms with van der Waals surface area (Å²) in [7, 11) is 0. The normalized spacial score (nSPS) is 41.7. The second kappa shape index (κ2) is 3.27. The minimum atomic E-state index is -0.946. The molecule has 1 saturated heterocycles. The van der Waals surface area contributed by atoms with Crippen molar-refractivity contribution in [2.75, 3.05) is 13.2 Å². The van der Waals surface area contributed by atoms with E-state index in [4.69, 9.17) is 15.3 Å². The van der Waals surface area contributed by atoms with Gasteiger partial charge in [0.15, 0.2) is 0 Å². The summed E-state index contributed by atoms with van der Waals surface area (Å²) < 4.78 is 0. The molecular formula is C5H11NO4. The third kappa shape index (κ3) is 1.44. The molecule has 3 unspecified atom stereocenters. The van der Waals surface area contributed by atoms with Gasteiger partial charge in [0, 0.05) is 0 Å². The van der Waals surface area contributed by atoms with Gasteiger partial charge in [-0.3, -0.25) is 4.84 Å². The molecule has 0 spiro atoms. The summed E-state index contributed by atoms with van der Waals surface area (Å²) in [5.41, 5.74) is 2.39. The Kier molecular flexibility index (Phi) is 2.58. The van der Waals surface area contributed by atoms with Gasteiger partial charge in [-0.15, -0.1) is 0 Å². The minimum absolute atomic E-state index is 0.0532. The average molecular weight is 149 g/mol. The predicted molar refractivity (Wildman–Crippen MR) is 32.0 cm³/mol. The van der Waals surface area contributed by atoms with E-state index in [-0.39, 0.29) is 13.2 Å². The van der Waals surface area contributed by atoms with E-state index in [2.05, 4.69) is 10.3 Å². The molecule has 0 radical (unpaired) electrons. The zero-order chi connectivity index (χ0) is 7.56. The van der Waals surface area contributed by atoms with Crippen molar-refractivity contribution in [2.45, 2.75) is 18.2 Å². The first-order chi connectivity index (χ1) is 4.75. The molecule has 4 N–H and O–H groups in total. The van der Waals surface area contributed by atoms with Crippen molar-refractivity contribution in [2.24, 2.45) is 0 Å². The van der Waals surface area contributed by atoms with Gasteiger partial charge >= 0.3 is 0 Å². The van der Waals surface area contributed by atoms with E-state index < -0.39 is 18.2 Å². The molecule has 0 aromatic heterocycles. The molecule has 0 bridgehead atoms. The molecule has 1 heterocycles. The monoisotopic (exact) mass is 149 g/mol. The van der Waals surface area contributed by atoms with Crippen LogP contribution in [0.15, 0.2) is 0 Å². The molecule has 0 amide bonds. The molecule has 5 heteroatoms. The predicted octanol–water partition coefficient (Wildman–Crippen LogP) is -2.40. The minimum Gasteiger partial charge on any atom is -0.395 e. The fraction of sp³-hybridized carbons (Fsp3) is 1.00. The molecule has 0 aromatic carbocycles. The van der Waals surface area contributed by atoms with Crippen LogP contribution in [0.25, 0.3) is 0 Å². The standard InChI is InChI=1S/C5H11NO4/c7-1-3-5(9)4(8)2-10-6-3/h3-9H,1-2H2. The Morgan fingerprint density at radius 1 is 1.50 bits per heavy atom. The Morgan fingerprint density at radius 2 is 2.20 bits per heavy atom. The number of aliphatic hydroxyl groups is 3. The van der Waals surface area contributed by atoms with E-state index in [9.17, 15) is 0 Å². The topological polar surface area (TPSA) is 82.0 Å². The summed E-state index contributed by atoms with van der Waals surface area (Å²) in [4.78, 5) is 4.64.